The van der Waals surface area contributed by atoms with Gasteiger partial charge < -0.3 is 5.73 Å². The Bertz CT molecular complexity index is 629. The lowest BCUT2D eigenvalue weighted by atomic mass is 10.1. The molecular formula is C16H18N4O. The summed E-state index contributed by atoms with van der Waals surface area (Å²) in [5.41, 5.74) is 7.28. The molecule has 1 saturated heterocycles. The smallest absolute Gasteiger partial charge is 0.231 e. The van der Waals surface area contributed by atoms with Crippen LogP contribution in [0.3, 0.4) is 0 Å². The molecule has 0 bridgehead atoms. The van der Waals surface area contributed by atoms with Crippen molar-refractivity contribution < 1.29 is 4.79 Å². The van der Waals surface area contributed by atoms with Gasteiger partial charge in [0.05, 0.1) is 18.3 Å². The summed E-state index contributed by atoms with van der Waals surface area (Å²) in [7, 11) is 0. The van der Waals surface area contributed by atoms with Gasteiger partial charge in [0, 0.05) is 11.8 Å². The molecule has 1 aliphatic heterocycles. The molecule has 0 aliphatic carbocycles. The molecule has 2 heterocycles. The van der Waals surface area contributed by atoms with Gasteiger partial charge in [0.1, 0.15) is 0 Å². The summed E-state index contributed by atoms with van der Waals surface area (Å²) in [4.78, 5) is 22.3. The number of amides is 1. The van der Waals surface area contributed by atoms with Gasteiger partial charge in [0.25, 0.3) is 0 Å². The quantitative estimate of drug-likeness (QED) is 0.927. The Balaban J connectivity index is 1.87. The third-order valence-corrected chi connectivity index (χ3v) is 3.77. The Morgan fingerprint density at radius 3 is 2.86 bits per heavy atom. The molecule has 0 saturated carbocycles. The van der Waals surface area contributed by atoms with Crippen LogP contribution in [0.5, 0.6) is 0 Å². The average molecular weight is 282 g/mol. The van der Waals surface area contributed by atoms with Crippen molar-refractivity contribution in [1.82, 2.24) is 14.9 Å². The van der Waals surface area contributed by atoms with E-state index in [9.17, 15) is 4.79 Å². The number of likely N-dealkylation sites (tertiary alicyclic amines) is 1. The maximum absolute atomic E-state index is 11.2. The summed E-state index contributed by atoms with van der Waals surface area (Å²) in [5.74, 6) is 0.429. The van der Waals surface area contributed by atoms with Gasteiger partial charge in [0.15, 0.2) is 5.82 Å². The SMILES string of the molecule is NC(=O)CN1CCC[C@H]1c1ccnc(-c2ccccc2)n1. The first-order chi connectivity index (χ1) is 10.2. The van der Waals surface area contributed by atoms with E-state index in [1.807, 2.05) is 36.4 Å². The first-order valence-corrected chi connectivity index (χ1v) is 7.15. The van der Waals surface area contributed by atoms with Gasteiger partial charge in [0.2, 0.25) is 5.91 Å². The van der Waals surface area contributed by atoms with Crippen molar-refractivity contribution in [2.45, 2.75) is 18.9 Å². The number of nitrogens with zero attached hydrogens (tertiary/aromatic N) is 3. The minimum atomic E-state index is -0.292. The molecule has 3 rings (SSSR count). The summed E-state index contributed by atoms with van der Waals surface area (Å²) in [6.45, 7) is 1.17. The van der Waals surface area contributed by atoms with Crippen molar-refractivity contribution in [2.24, 2.45) is 5.73 Å². The fraction of sp³-hybridized carbons (Fsp3) is 0.312. The number of nitrogens with two attached hydrogens (primary N) is 1. The topological polar surface area (TPSA) is 72.1 Å². The molecule has 21 heavy (non-hydrogen) atoms. The van der Waals surface area contributed by atoms with Crippen LogP contribution in [0, 0.1) is 0 Å². The highest BCUT2D eigenvalue weighted by atomic mass is 16.1. The molecule has 1 aromatic heterocycles. The molecule has 2 N–H and O–H groups in total. The van der Waals surface area contributed by atoms with Crippen LogP contribution in [0.1, 0.15) is 24.6 Å². The van der Waals surface area contributed by atoms with Crippen LogP contribution in [-0.2, 0) is 4.79 Å². The lowest BCUT2D eigenvalue weighted by molar-refractivity contribution is -0.119. The Hall–Kier alpha value is -2.27. The monoisotopic (exact) mass is 282 g/mol. The van der Waals surface area contributed by atoms with Crippen molar-refractivity contribution in [1.29, 1.82) is 0 Å². The van der Waals surface area contributed by atoms with E-state index in [0.29, 0.717) is 0 Å². The van der Waals surface area contributed by atoms with Crippen LogP contribution in [0.25, 0.3) is 11.4 Å². The van der Waals surface area contributed by atoms with E-state index in [1.165, 1.54) is 0 Å². The molecule has 1 atom stereocenters. The number of aromatic nitrogens is 2. The van der Waals surface area contributed by atoms with Gasteiger partial charge in [-0.3, -0.25) is 9.69 Å². The second-order valence-electron chi connectivity index (χ2n) is 5.27. The number of hydrogen-bond donors (Lipinski definition) is 1. The van der Waals surface area contributed by atoms with Gasteiger partial charge in [-0.1, -0.05) is 30.3 Å². The van der Waals surface area contributed by atoms with E-state index in [1.54, 1.807) is 6.20 Å². The minimum Gasteiger partial charge on any atom is -0.369 e. The van der Waals surface area contributed by atoms with Crippen LogP contribution < -0.4 is 5.73 Å². The Morgan fingerprint density at radius 1 is 1.29 bits per heavy atom. The van der Waals surface area contributed by atoms with Crippen LogP contribution in [0.15, 0.2) is 42.6 Å². The molecule has 1 aliphatic rings. The molecule has 108 valence electrons. The first kappa shape index (κ1) is 13.7. The number of carbonyl (C=O) groups excluding carboxylic acids is 1. The van der Waals surface area contributed by atoms with Crippen LogP contribution in [0.2, 0.25) is 0 Å². The van der Waals surface area contributed by atoms with E-state index >= 15 is 0 Å². The van der Waals surface area contributed by atoms with Gasteiger partial charge in [-0.2, -0.15) is 0 Å². The maximum atomic E-state index is 11.2. The van der Waals surface area contributed by atoms with E-state index in [-0.39, 0.29) is 18.5 Å². The van der Waals surface area contributed by atoms with E-state index in [4.69, 9.17) is 5.73 Å². The van der Waals surface area contributed by atoms with Crippen molar-refractivity contribution >= 4 is 5.91 Å². The average Bonchev–Trinajstić information content (AvgIpc) is 2.96. The Kier molecular flexibility index (Phi) is 3.92. The van der Waals surface area contributed by atoms with Crippen molar-refractivity contribution in [3.8, 4) is 11.4 Å². The Labute approximate surface area is 123 Å². The Morgan fingerprint density at radius 2 is 2.10 bits per heavy atom. The predicted octanol–water partition coefficient (Wildman–Crippen LogP) is 1.77. The lowest BCUT2D eigenvalue weighted by Crippen LogP contribution is -2.33. The summed E-state index contributed by atoms with van der Waals surface area (Å²) < 4.78 is 0. The number of rotatable bonds is 4. The van der Waals surface area contributed by atoms with Crippen molar-refractivity contribution in [3.05, 3.63) is 48.3 Å². The zero-order chi connectivity index (χ0) is 14.7. The zero-order valence-corrected chi connectivity index (χ0v) is 11.8. The molecule has 5 nitrogen and oxygen atoms in total. The van der Waals surface area contributed by atoms with Crippen LogP contribution >= 0.6 is 0 Å². The molecule has 5 heteroatoms. The van der Waals surface area contributed by atoms with Gasteiger partial charge in [-0.15, -0.1) is 0 Å². The van der Waals surface area contributed by atoms with Crippen LogP contribution in [0.4, 0.5) is 0 Å². The number of benzene rings is 1. The summed E-state index contributed by atoms with van der Waals surface area (Å²) in [5, 5.41) is 0. The van der Waals surface area contributed by atoms with E-state index in [2.05, 4.69) is 14.9 Å². The summed E-state index contributed by atoms with van der Waals surface area (Å²) in [6.07, 6.45) is 3.84. The molecule has 0 spiro atoms. The number of hydrogen-bond acceptors (Lipinski definition) is 4. The highest BCUT2D eigenvalue weighted by Crippen LogP contribution is 2.30. The van der Waals surface area contributed by atoms with E-state index < -0.39 is 0 Å². The van der Waals surface area contributed by atoms with Gasteiger partial charge in [-0.05, 0) is 25.5 Å². The van der Waals surface area contributed by atoms with Crippen LogP contribution in [-0.4, -0.2) is 33.9 Å². The highest BCUT2D eigenvalue weighted by molar-refractivity contribution is 5.76. The fourth-order valence-corrected chi connectivity index (χ4v) is 2.84. The number of primary amides is 1. The molecular weight excluding hydrogens is 264 g/mol. The van der Waals surface area contributed by atoms with Crippen molar-refractivity contribution in [3.63, 3.8) is 0 Å². The predicted molar refractivity (Wildman–Crippen MR) is 80.2 cm³/mol. The third-order valence-electron chi connectivity index (χ3n) is 3.77. The number of carbonyl (C=O) groups is 1. The van der Waals surface area contributed by atoms with E-state index in [0.717, 1.165) is 36.5 Å². The largest absolute Gasteiger partial charge is 0.369 e. The standard InChI is InChI=1S/C16H18N4O/c17-15(21)11-20-10-4-7-14(20)13-8-9-18-16(19-13)12-5-2-1-3-6-12/h1-3,5-6,8-9,14H,4,7,10-11H2,(H2,17,21)/t14-/m0/s1. The maximum Gasteiger partial charge on any atom is 0.231 e. The molecule has 2 aromatic rings. The first-order valence-electron chi connectivity index (χ1n) is 7.15. The third kappa shape index (κ3) is 3.08. The normalized spacial score (nSPS) is 18.8. The molecule has 0 radical (unpaired) electrons. The highest BCUT2D eigenvalue weighted by Gasteiger charge is 2.28. The lowest BCUT2D eigenvalue weighted by Gasteiger charge is -2.22. The second kappa shape index (κ2) is 6.01. The summed E-state index contributed by atoms with van der Waals surface area (Å²) in [6, 6.07) is 12.0. The molecule has 1 aromatic carbocycles. The van der Waals surface area contributed by atoms with Gasteiger partial charge in [-0.25, -0.2) is 9.97 Å². The second-order valence-corrected chi connectivity index (χ2v) is 5.27. The fourth-order valence-electron chi connectivity index (χ4n) is 2.84. The summed E-state index contributed by atoms with van der Waals surface area (Å²) >= 11 is 0. The minimum absolute atomic E-state index is 0.156. The van der Waals surface area contributed by atoms with Crippen molar-refractivity contribution in [2.75, 3.05) is 13.1 Å². The molecule has 0 unspecified atom stereocenters. The van der Waals surface area contributed by atoms with Gasteiger partial charge >= 0.3 is 0 Å². The zero-order valence-electron chi connectivity index (χ0n) is 11.8. The molecule has 1 fully saturated rings. The molecule has 1 amide bonds.